The maximum absolute atomic E-state index is 13.7. The van der Waals surface area contributed by atoms with Crippen LogP contribution in [0.3, 0.4) is 0 Å². The molecule has 1 fully saturated rings. The van der Waals surface area contributed by atoms with Crippen LogP contribution in [0.2, 0.25) is 0 Å². The average molecular weight is 329 g/mol. The summed E-state index contributed by atoms with van der Waals surface area (Å²) in [5.41, 5.74) is 0.993. The largest absolute Gasteiger partial charge is 0.341 e. The predicted molar refractivity (Wildman–Crippen MR) is 89.4 cm³/mol. The van der Waals surface area contributed by atoms with Gasteiger partial charge in [0.1, 0.15) is 11.6 Å². The number of benzene rings is 2. The van der Waals surface area contributed by atoms with Crippen molar-refractivity contribution in [2.75, 3.05) is 7.05 Å². The van der Waals surface area contributed by atoms with Crippen LogP contribution >= 0.6 is 0 Å². The Morgan fingerprint density at radius 1 is 1.04 bits per heavy atom. The summed E-state index contributed by atoms with van der Waals surface area (Å²) in [5, 5.41) is 0. The van der Waals surface area contributed by atoms with Gasteiger partial charge in [-0.3, -0.25) is 4.79 Å². The van der Waals surface area contributed by atoms with E-state index in [0.717, 1.165) is 36.8 Å². The quantitative estimate of drug-likeness (QED) is 0.812. The number of hydrogen-bond acceptors (Lipinski definition) is 1. The lowest BCUT2D eigenvalue weighted by molar-refractivity contribution is -0.136. The molecule has 0 heterocycles. The molecule has 1 saturated carbocycles. The van der Waals surface area contributed by atoms with Crippen LogP contribution < -0.4 is 0 Å². The number of halogens is 2. The van der Waals surface area contributed by atoms with Crippen molar-refractivity contribution in [3.8, 4) is 0 Å². The Bertz CT molecular complexity index is 721. The minimum atomic E-state index is -0.642. The normalized spacial score (nSPS) is 16.1. The lowest BCUT2D eigenvalue weighted by Crippen LogP contribution is -2.43. The van der Waals surface area contributed by atoms with Gasteiger partial charge >= 0.3 is 0 Å². The van der Waals surface area contributed by atoms with E-state index >= 15 is 0 Å². The van der Waals surface area contributed by atoms with Crippen molar-refractivity contribution in [2.45, 2.75) is 37.6 Å². The first-order valence-corrected chi connectivity index (χ1v) is 8.27. The molecule has 2 aromatic carbocycles. The van der Waals surface area contributed by atoms with E-state index in [1.165, 1.54) is 24.3 Å². The molecular formula is C20H21F2NO. The number of carbonyl (C=O) groups excluding carboxylic acids is 1. The number of nitrogens with zero attached hydrogens (tertiary/aromatic N) is 1. The Kier molecular flexibility index (Phi) is 4.65. The summed E-state index contributed by atoms with van der Waals surface area (Å²) in [6.07, 6.45) is 3.41. The molecule has 24 heavy (non-hydrogen) atoms. The van der Waals surface area contributed by atoms with E-state index in [1.54, 1.807) is 30.1 Å². The maximum Gasteiger partial charge on any atom is 0.233 e. The van der Waals surface area contributed by atoms with E-state index in [4.69, 9.17) is 0 Å². The van der Waals surface area contributed by atoms with Gasteiger partial charge < -0.3 is 4.90 Å². The Balaban J connectivity index is 1.85. The van der Waals surface area contributed by atoms with E-state index < -0.39 is 5.41 Å². The van der Waals surface area contributed by atoms with Gasteiger partial charge in [-0.2, -0.15) is 0 Å². The molecule has 1 amide bonds. The van der Waals surface area contributed by atoms with Gasteiger partial charge in [-0.1, -0.05) is 37.1 Å². The molecule has 1 aliphatic carbocycles. The highest BCUT2D eigenvalue weighted by Crippen LogP contribution is 2.42. The predicted octanol–water partition coefficient (Wildman–Crippen LogP) is 4.44. The van der Waals surface area contributed by atoms with E-state index in [2.05, 4.69) is 0 Å². The molecule has 1 aliphatic rings. The molecule has 126 valence electrons. The first-order chi connectivity index (χ1) is 11.5. The number of likely N-dealkylation sites (N-methyl/N-ethyl adjacent to an activating group) is 1. The average Bonchev–Trinajstić information content (AvgIpc) is 3.07. The molecule has 0 aromatic heterocycles. The topological polar surface area (TPSA) is 20.3 Å². The summed E-state index contributed by atoms with van der Waals surface area (Å²) in [7, 11) is 1.76. The molecule has 0 unspecified atom stereocenters. The van der Waals surface area contributed by atoms with Crippen LogP contribution in [0.4, 0.5) is 8.78 Å². The van der Waals surface area contributed by atoms with Crippen LogP contribution in [0.25, 0.3) is 0 Å². The third-order valence-corrected chi connectivity index (χ3v) is 4.92. The molecule has 0 aliphatic heterocycles. The van der Waals surface area contributed by atoms with E-state index in [0.29, 0.717) is 6.54 Å². The third-order valence-electron chi connectivity index (χ3n) is 4.92. The van der Waals surface area contributed by atoms with Gasteiger partial charge in [0.15, 0.2) is 0 Å². The second-order valence-electron chi connectivity index (χ2n) is 6.59. The molecular weight excluding hydrogens is 308 g/mol. The van der Waals surface area contributed by atoms with Gasteiger partial charge in [0, 0.05) is 13.6 Å². The zero-order valence-corrected chi connectivity index (χ0v) is 13.8. The second-order valence-corrected chi connectivity index (χ2v) is 6.59. The fraction of sp³-hybridized carbons (Fsp3) is 0.350. The molecule has 0 N–H and O–H groups in total. The van der Waals surface area contributed by atoms with E-state index in [-0.39, 0.29) is 17.5 Å². The lowest BCUT2D eigenvalue weighted by Gasteiger charge is -2.33. The van der Waals surface area contributed by atoms with Crippen LogP contribution in [0.1, 0.15) is 36.8 Å². The van der Waals surface area contributed by atoms with Gasteiger partial charge in [0.05, 0.1) is 5.41 Å². The van der Waals surface area contributed by atoms with Crippen molar-refractivity contribution in [2.24, 2.45) is 0 Å². The molecule has 2 nitrogen and oxygen atoms in total. The smallest absolute Gasteiger partial charge is 0.233 e. The van der Waals surface area contributed by atoms with Crippen LogP contribution in [0.5, 0.6) is 0 Å². The third kappa shape index (κ3) is 3.18. The van der Waals surface area contributed by atoms with Crippen LogP contribution in [-0.4, -0.2) is 17.9 Å². The molecule has 0 bridgehead atoms. The summed E-state index contributed by atoms with van der Waals surface area (Å²) < 4.78 is 26.7. The Hall–Kier alpha value is -2.23. The fourth-order valence-electron chi connectivity index (χ4n) is 3.69. The SMILES string of the molecule is CN(Cc1ccc(F)cc1)C(=O)C1(c2cccc(F)c2)CCCC1. The van der Waals surface area contributed by atoms with Crippen LogP contribution in [-0.2, 0) is 16.8 Å². The summed E-state index contributed by atoms with van der Waals surface area (Å²) in [4.78, 5) is 14.8. The van der Waals surface area contributed by atoms with Crippen LogP contribution in [0.15, 0.2) is 48.5 Å². The second kappa shape index (κ2) is 6.71. The molecule has 2 aromatic rings. The van der Waals surface area contributed by atoms with Gasteiger partial charge in [-0.15, -0.1) is 0 Å². The molecule has 0 spiro atoms. The highest BCUT2D eigenvalue weighted by Gasteiger charge is 2.44. The van der Waals surface area contributed by atoms with Gasteiger partial charge in [-0.05, 0) is 48.2 Å². The Morgan fingerprint density at radius 3 is 2.33 bits per heavy atom. The number of carbonyl (C=O) groups is 1. The maximum atomic E-state index is 13.7. The lowest BCUT2D eigenvalue weighted by atomic mass is 9.77. The summed E-state index contributed by atoms with van der Waals surface area (Å²) in [6, 6.07) is 12.5. The number of rotatable bonds is 4. The summed E-state index contributed by atoms with van der Waals surface area (Å²) in [5.74, 6) is -0.595. The summed E-state index contributed by atoms with van der Waals surface area (Å²) >= 11 is 0. The molecule has 4 heteroatoms. The van der Waals surface area contributed by atoms with Crippen molar-refractivity contribution in [1.29, 1.82) is 0 Å². The van der Waals surface area contributed by atoms with Gasteiger partial charge in [-0.25, -0.2) is 8.78 Å². The van der Waals surface area contributed by atoms with Gasteiger partial charge in [0.2, 0.25) is 5.91 Å². The zero-order chi connectivity index (χ0) is 17.2. The minimum Gasteiger partial charge on any atom is -0.341 e. The van der Waals surface area contributed by atoms with E-state index in [9.17, 15) is 13.6 Å². The fourth-order valence-corrected chi connectivity index (χ4v) is 3.69. The zero-order valence-electron chi connectivity index (χ0n) is 13.8. The van der Waals surface area contributed by atoms with E-state index in [1.807, 2.05) is 6.07 Å². The van der Waals surface area contributed by atoms with Crippen molar-refractivity contribution in [3.05, 3.63) is 71.3 Å². The minimum absolute atomic E-state index is 0.00919. The summed E-state index contributed by atoms with van der Waals surface area (Å²) in [6.45, 7) is 0.413. The van der Waals surface area contributed by atoms with Crippen molar-refractivity contribution < 1.29 is 13.6 Å². The van der Waals surface area contributed by atoms with Crippen molar-refractivity contribution in [1.82, 2.24) is 4.90 Å². The molecule has 0 saturated heterocycles. The molecule has 3 rings (SSSR count). The highest BCUT2D eigenvalue weighted by atomic mass is 19.1. The molecule has 0 radical (unpaired) electrons. The number of amides is 1. The first-order valence-electron chi connectivity index (χ1n) is 8.27. The number of hydrogen-bond donors (Lipinski definition) is 0. The van der Waals surface area contributed by atoms with Crippen molar-refractivity contribution >= 4 is 5.91 Å². The Labute approximate surface area is 141 Å². The standard InChI is InChI=1S/C20H21F2NO/c1-23(14-15-7-9-17(21)10-8-15)19(24)20(11-2-3-12-20)16-5-4-6-18(22)13-16/h4-10,13H,2-3,11-12,14H2,1H3. The molecule has 0 atom stereocenters. The van der Waals surface area contributed by atoms with Crippen molar-refractivity contribution in [3.63, 3.8) is 0 Å². The Morgan fingerprint density at radius 2 is 1.71 bits per heavy atom. The first kappa shape index (κ1) is 16.6. The monoisotopic (exact) mass is 329 g/mol. The highest BCUT2D eigenvalue weighted by molar-refractivity contribution is 5.88. The van der Waals surface area contributed by atoms with Gasteiger partial charge in [0.25, 0.3) is 0 Å². The van der Waals surface area contributed by atoms with Crippen LogP contribution in [0, 0.1) is 11.6 Å².